The number of nitrogens with one attached hydrogen (secondary N) is 1. The lowest BCUT2D eigenvalue weighted by Crippen LogP contribution is -2.20. The number of rotatable bonds is 2. The van der Waals surface area contributed by atoms with Gasteiger partial charge in [-0.05, 0) is 45.8 Å². The molecule has 0 radical (unpaired) electrons. The van der Waals surface area contributed by atoms with E-state index in [-0.39, 0.29) is 5.82 Å². The average molecular weight is 337 g/mol. The molecule has 4 nitrogen and oxygen atoms in total. The number of carbonyl (C=O) groups is 1. The lowest BCUT2D eigenvalue weighted by molar-refractivity contribution is 0.131. The fourth-order valence-corrected chi connectivity index (χ4v) is 2.55. The minimum absolute atomic E-state index is 0.369. The van der Waals surface area contributed by atoms with Gasteiger partial charge in [0.15, 0.2) is 6.10 Å². The maximum absolute atomic E-state index is 13.3. The Labute approximate surface area is 123 Å². The van der Waals surface area contributed by atoms with E-state index in [9.17, 15) is 9.18 Å². The molecule has 102 valence electrons. The number of amides is 1. The first-order chi connectivity index (χ1) is 9.63. The molecule has 1 aliphatic rings. The normalized spacial score (nSPS) is 21.4. The Hall–Kier alpha value is -1.95. The van der Waals surface area contributed by atoms with Gasteiger partial charge in [-0.25, -0.2) is 14.2 Å². The zero-order chi connectivity index (χ0) is 14.1. The van der Waals surface area contributed by atoms with Gasteiger partial charge >= 0.3 is 6.09 Å². The Balaban J connectivity index is 1.99. The highest BCUT2D eigenvalue weighted by molar-refractivity contribution is 9.10. The van der Waals surface area contributed by atoms with Crippen LogP contribution in [0.1, 0.15) is 23.4 Å². The molecular formula is C14H10BrFN2O2. The Morgan fingerprint density at radius 2 is 2.05 bits per heavy atom. The number of ether oxygens (including phenoxy) is 1. The summed E-state index contributed by atoms with van der Waals surface area (Å²) in [5.74, 6) is -0.369. The predicted molar refractivity (Wildman–Crippen MR) is 73.4 cm³/mol. The number of alkyl carbamates (subject to hydrolysis) is 1. The van der Waals surface area contributed by atoms with Crippen molar-refractivity contribution in [2.75, 3.05) is 0 Å². The van der Waals surface area contributed by atoms with Crippen molar-refractivity contribution in [2.45, 2.75) is 12.1 Å². The number of hydrogen-bond acceptors (Lipinski definition) is 3. The van der Waals surface area contributed by atoms with Gasteiger partial charge in [0.25, 0.3) is 0 Å². The van der Waals surface area contributed by atoms with Gasteiger partial charge in [0.1, 0.15) is 16.5 Å². The van der Waals surface area contributed by atoms with Crippen LogP contribution in [0.2, 0.25) is 0 Å². The second-order valence-corrected chi connectivity index (χ2v) is 5.20. The Morgan fingerprint density at radius 1 is 1.25 bits per heavy atom. The molecule has 20 heavy (non-hydrogen) atoms. The number of aromatic nitrogens is 1. The van der Waals surface area contributed by atoms with E-state index in [1.807, 2.05) is 6.07 Å². The van der Waals surface area contributed by atoms with Gasteiger partial charge in [-0.3, -0.25) is 0 Å². The van der Waals surface area contributed by atoms with E-state index >= 15 is 0 Å². The van der Waals surface area contributed by atoms with Crippen LogP contribution in [0.5, 0.6) is 0 Å². The first-order valence-corrected chi connectivity index (χ1v) is 6.78. The van der Waals surface area contributed by atoms with Crippen LogP contribution in [0, 0.1) is 5.82 Å². The van der Waals surface area contributed by atoms with Crippen molar-refractivity contribution in [3.63, 3.8) is 0 Å². The molecule has 1 amide bonds. The highest BCUT2D eigenvalue weighted by atomic mass is 79.9. The molecule has 2 heterocycles. The van der Waals surface area contributed by atoms with E-state index in [1.54, 1.807) is 24.3 Å². The SMILES string of the molecule is O=C1N[C@@H](c2cccc(Br)n2)[C@H](c2cccc(F)c2)O1. The maximum Gasteiger partial charge on any atom is 0.408 e. The van der Waals surface area contributed by atoms with Gasteiger partial charge < -0.3 is 10.1 Å². The van der Waals surface area contributed by atoms with E-state index in [0.29, 0.717) is 15.9 Å². The number of carbonyl (C=O) groups excluding carboxylic acids is 1. The van der Waals surface area contributed by atoms with Crippen LogP contribution in [-0.4, -0.2) is 11.1 Å². The number of cyclic esters (lactones) is 1. The number of halogens is 2. The van der Waals surface area contributed by atoms with E-state index in [2.05, 4.69) is 26.2 Å². The molecule has 1 saturated heterocycles. The number of nitrogens with zero attached hydrogens (tertiary/aromatic N) is 1. The molecular weight excluding hydrogens is 327 g/mol. The summed E-state index contributed by atoms with van der Waals surface area (Å²) >= 11 is 3.29. The summed E-state index contributed by atoms with van der Waals surface area (Å²) < 4.78 is 19.2. The minimum atomic E-state index is -0.597. The maximum atomic E-state index is 13.3. The van der Waals surface area contributed by atoms with Crippen LogP contribution in [0.4, 0.5) is 9.18 Å². The van der Waals surface area contributed by atoms with Crippen molar-refractivity contribution in [3.05, 3.63) is 64.1 Å². The molecule has 0 spiro atoms. The summed E-state index contributed by atoms with van der Waals surface area (Å²) in [6.07, 6.45) is -1.13. The molecule has 3 rings (SSSR count). The van der Waals surface area contributed by atoms with Gasteiger partial charge in [-0.2, -0.15) is 0 Å². The average Bonchev–Trinajstić information content (AvgIpc) is 2.81. The fourth-order valence-electron chi connectivity index (χ4n) is 2.19. The number of pyridine rings is 1. The van der Waals surface area contributed by atoms with E-state index < -0.39 is 18.2 Å². The molecule has 1 N–H and O–H groups in total. The highest BCUT2D eigenvalue weighted by Gasteiger charge is 2.37. The summed E-state index contributed by atoms with van der Waals surface area (Å²) in [5, 5.41) is 2.70. The first-order valence-electron chi connectivity index (χ1n) is 5.98. The molecule has 0 saturated carbocycles. The van der Waals surface area contributed by atoms with Crippen molar-refractivity contribution in [1.29, 1.82) is 0 Å². The number of hydrogen-bond donors (Lipinski definition) is 1. The first kappa shape index (κ1) is 13.1. The van der Waals surface area contributed by atoms with Crippen molar-refractivity contribution in [3.8, 4) is 0 Å². The van der Waals surface area contributed by atoms with Gasteiger partial charge in [-0.1, -0.05) is 18.2 Å². The summed E-state index contributed by atoms with van der Waals surface area (Å²) in [4.78, 5) is 15.8. The van der Waals surface area contributed by atoms with Gasteiger partial charge in [0.05, 0.1) is 5.69 Å². The van der Waals surface area contributed by atoms with Crippen LogP contribution in [-0.2, 0) is 4.74 Å². The highest BCUT2D eigenvalue weighted by Crippen LogP contribution is 2.36. The van der Waals surface area contributed by atoms with Crippen molar-refractivity contribution in [1.82, 2.24) is 10.3 Å². The van der Waals surface area contributed by atoms with Crippen LogP contribution in [0.15, 0.2) is 47.1 Å². The van der Waals surface area contributed by atoms with E-state index in [1.165, 1.54) is 12.1 Å². The van der Waals surface area contributed by atoms with Crippen LogP contribution in [0.3, 0.4) is 0 Å². The zero-order valence-electron chi connectivity index (χ0n) is 10.2. The summed E-state index contributed by atoms with van der Waals surface area (Å²) in [7, 11) is 0. The van der Waals surface area contributed by atoms with Gasteiger partial charge in [0, 0.05) is 0 Å². The van der Waals surface area contributed by atoms with Crippen LogP contribution in [0.25, 0.3) is 0 Å². The molecule has 1 aromatic carbocycles. The van der Waals surface area contributed by atoms with Crippen molar-refractivity contribution in [2.24, 2.45) is 0 Å². The molecule has 0 bridgehead atoms. The Morgan fingerprint density at radius 3 is 2.80 bits per heavy atom. The molecule has 1 aliphatic heterocycles. The fraction of sp³-hybridized carbons (Fsp3) is 0.143. The third-order valence-electron chi connectivity index (χ3n) is 3.04. The Kier molecular flexibility index (Phi) is 3.40. The van der Waals surface area contributed by atoms with E-state index in [4.69, 9.17) is 4.74 Å². The van der Waals surface area contributed by atoms with Crippen molar-refractivity contribution < 1.29 is 13.9 Å². The van der Waals surface area contributed by atoms with Crippen LogP contribution < -0.4 is 5.32 Å². The molecule has 1 fully saturated rings. The monoisotopic (exact) mass is 336 g/mol. The quantitative estimate of drug-likeness (QED) is 0.854. The molecule has 2 aromatic rings. The summed E-state index contributed by atoms with van der Waals surface area (Å²) in [6.45, 7) is 0. The van der Waals surface area contributed by atoms with Gasteiger partial charge in [0.2, 0.25) is 0 Å². The topological polar surface area (TPSA) is 51.2 Å². The van der Waals surface area contributed by atoms with Crippen LogP contribution >= 0.6 is 15.9 Å². The van der Waals surface area contributed by atoms with E-state index in [0.717, 1.165) is 0 Å². The molecule has 0 unspecified atom stereocenters. The molecule has 6 heteroatoms. The zero-order valence-corrected chi connectivity index (χ0v) is 11.8. The summed E-state index contributed by atoms with van der Waals surface area (Å²) in [6, 6.07) is 11.0. The molecule has 2 atom stereocenters. The molecule has 0 aliphatic carbocycles. The third kappa shape index (κ3) is 2.51. The molecule has 1 aromatic heterocycles. The van der Waals surface area contributed by atoms with Crippen molar-refractivity contribution >= 4 is 22.0 Å². The summed E-state index contributed by atoms with van der Waals surface area (Å²) in [5.41, 5.74) is 1.25. The smallest absolute Gasteiger partial charge is 0.408 e. The Bertz CT molecular complexity index is 610. The van der Waals surface area contributed by atoms with Gasteiger partial charge in [-0.15, -0.1) is 0 Å². The second kappa shape index (κ2) is 5.20. The predicted octanol–water partition coefficient (Wildman–Crippen LogP) is 3.51. The second-order valence-electron chi connectivity index (χ2n) is 4.39. The standard InChI is InChI=1S/C14H10BrFN2O2/c15-11-6-2-5-10(17-11)12-13(20-14(19)18-12)8-3-1-4-9(16)7-8/h1-7,12-13H,(H,18,19)/t12-,13-/m0/s1. The third-order valence-corrected chi connectivity index (χ3v) is 3.48. The number of benzene rings is 1. The largest absolute Gasteiger partial charge is 0.439 e. The lowest BCUT2D eigenvalue weighted by Gasteiger charge is -2.17. The minimum Gasteiger partial charge on any atom is -0.439 e. The lowest BCUT2D eigenvalue weighted by atomic mass is 10.00.